The molecule has 6 nitrogen and oxygen atoms in total. The highest BCUT2D eigenvalue weighted by Crippen LogP contribution is 2.26. The van der Waals surface area contributed by atoms with E-state index in [0.717, 1.165) is 36.9 Å². The van der Waals surface area contributed by atoms with Gasteiger partial charge in [0.1, 0.15) is 5.71 Å². The molecule has 1 saturated heterocycles. The standard InChI is InChI=1S/C15H20ClN3O3S/c1-10(19-4-6-21-7-5-19)9-17-15(20)12-8-11(18-22-12)13-2-3-14(16)23-13/h2-3,10,12H,4-9H2,1H3,(H,17,20). The van der Waals surface area contributed by atoms with Gasteiger partial charge in [0.2, 0.25) is 6.10 Å². The van der Waals surface area contributed by atoms with E-state index in [1.165, 1.54) is 11.3 Å². The highest BCUT2D eigenvalue weighted by molar-refractivity contribution is 7.18. The smallest absolute Gasteiger partial charge is 0.264 e. The molecule has 2 atom stereocenters. The number of carbonyl (C=O) groups excluding carboxylic acids is 1. The van der Waals surface area contributed by atoms with E-state index in [4.69, 9.17) is 21.2 Å². The van der Waals surface area contributed by atoms with Crippen molar-refractivity contribution in [2.24, 2.45) is 5.16 Å². The van der Waals surface area contributed by atoms with Crippen LogP contribution < -0.4 is 5.32 Å². The van der Waals surface area contributed by atoms with Gasteiger partial charge in [-0.1, -0.05) is 16.8 Å². The number of rotatable bonds is 5. The van der Waals surface area contributed by atoms with E-state index >= 15 is 0 Å². The number of thiophene rings is 1. The van der Waals surface area contributed by atoms with Gasteiger partial charge < -0.3 is 14.9 Å². The fraction of sp³-hybridized carbons (Fsp3) is 0.600. The monoisotopic (exact) mass is 357 g/mol. The predicted octanol–water partition coefficient (Wildman–Crippen LogP) is 1.73. The second kappa shape index (κ2) is 7.61. The Bertz CT molecular complexity index is 586. The molecule has 1 amide bonds. The van der Waals surface area contributed by atoms with Crippen LogP contribution in [0.1, 0.15) is 18.2 Å². The van der Waals surface area contributed by atoms with Crippen LogP contribution in [0.2, 0.25) is 4.34 Å². The molecule has 2 aliphatic rings. The third-order valence-corrected chi connectivity index (χ3v) is 5.34. The molecular weight excluding hydrogens is 338 g/mol. The van der Waals surface area contributed by atoms with Gasteiger partial charge in [-0.3, -0.25) is 9.69 Å². The maximum absolute atomic E-state index is 12.2. The lowest BCUT2D eigenvalue weighted by atomic mass is 10.1. The summed E-state index contributed by atoms with van der Waals surface area (Å²) in [5, 5.41) is 6.98. The van der Waals surface area contributed by atoms with Gasteiger partial charge in [-0.25, -0.2) is 0 Å². The molecule has 2 aliphatic heterocycles. The van der Waals surface area contributed by atoms with Crippen LogP contribution in [-0.4, -0.2) is 61.5 Å². The molecular formula is C15H20ClN3O3S. The molecule has 2 unspecified atom stereocenters. The Kier molecular flexibility index (Phi) is 5.53. The van der Waals surface area contributed by atoms with E-state index in [9.17, 15) is 4.79 Å². The Morgan fingerprint density at radius 1 is 1.52 bits per heavy atom. The first-order chi connectivity index (χ1) is 11.1. The Morgan fingerprint density at radius 3 is 3.00 bits per heavy atom. The summed E-state index contributed by atoms with van der Waals surface area (Å²) >= 11 is 7.37. The number of carbonyl (C=O) groups is 1. The fourth-order valence-corrected chi connectivity index (χ4v) is 3.68. The summed E-state index contributed by atoms with van der Waals surface area (Å²) in [6.45, 7) is 6.03. The summed E-state index contributed by atoms with van der Waals surface area (Å²) in [6, 6.07) is 4.00. The molecule has 8 heteroatoms. The van der Waals surface area contributed by atoms with Crippen molar-refractivity contribution < 1.29 is 14.4 Å². The van der Waals surface area contributed by atoms with E-state index < -0.39 is 6.10 Å². The lowest BCUT2D eigenvalue weighted by molar-refractivity contribution is -0.131. The first kappa shape index (κ1) is 16.7. The summed E-state index contributed by atoms with van der Waals surface area (Å²) in [7, 11) is 0. The molecule has 1 N–H and O–H groups in total. The number of hydrogen-bond acceptors (Lipinski definition) is 6. The summed E-state index contributed by atoms with van der Waals surface area (Å²) in [6.07, 6.45) is -0.0722. The van der Waals surface area contributed by atoms with E-state index in [-0.39, 0.29) is 11.9 Å². The van der Waals surface area contributed by atoms with Gasteiger partial charge in [-0.2, -0.15) is 0 Å². The first-order valence-electron chi connectivity index (χ1n) is 7.71. The van der Waals surface area contributed by atoms with Gasteiger partial charge in [0.25, 0.3) is 5.91 Å². The average molecular weight is 358 g/mol. The number of oxime groups is 1. The summed E-state index contributed by atoms with van der Waals surface area (Å²) < 4.78 is 6.04. The molecule has 0 radical (unpaired) electrons. The van der Waals surface area contributed by atoms with Crippen molar-refractivity contribution in [3.8, 4) is 0 Å². The van der Waals surface area contributed by atoms with Crippen LogP contribution in [0, 0.1) is 0 Å². The van der Waals surface area contributed by atoms with Gasteiger partial charge in [0, 0.05) is 32.1 Å². The number of hydrogen-bond donors (Lipinski definition) is 1. The van der Waals surface area contributed by atoms with Crippen molar-refractivity contribution in [3.05, 3.63) is 21.3 Å². The van der Waals surface area contributed by atoms with Gasteiger partial charge >= 0.3 is 0 Å². The predicted molar refractivity (Wildman–Crippen MR) is 90.2 cm³/mol. The van der Waals surface area contributed by atoms with Gasteiger partial charge in [0.05, 0.1) is 22.4 Å². The first-order valence-corrected chi connectivity index (χ1v) is 8.91. The van der Waals surface area contributed by atoms with Crippen LogP contribution in [0.15, 0.2) is 17.3 Å². The third-order valence-electron chi connectivity index (χ3n) is 4.06. The zero-order valence-electron chi connectivity index (χ0n) is 13.0. The van der Waals surface area contributed by atoms with Gasteiger partial charge in [-0.15, -0.1) is 11.3 Å². The van der Waals surface area contributed by atoms with Crippen molar-refractivity contribution in [2.75, 3.05) is 32.8 Å². The number of amides is 1. The number of morpholine rings is 1. The zero-order chi connectivity index (χ0) is 16.2. The van der Waals surface area contributed by atoms with E-state index in [1.54, 1.807) is 0 Å². The van der Waals surface area contributed by atoms with Crippen LogP contribution in [0.4, 0.5) is 0 Å². The van der Waals surface area contributed by atoms with Gasteiger partial charge in [0.15, 0.2) is 0 Å². The highest BCUT2D eigenvalue weighted by Gasteiger charge is 2.30. The Balaban J connectivity index is 1.44. The minimum Gasteiger partial charge on any atom is -0.382 e. The summed E-state index contributed by atoms with van der Waals surface area (Å²) in [5.41, 5.74) is 0.781. The zero-order valence-corrected chi connectivity index (χ0v) is 14.5. The molecule has 0 aliphatic carbocycles. The second-order valence-corrected chi connectivity index (χ2v) is 7.40. The minimum atomic E-state index is -0.553. The number of halogens is 1. The number of nitrogens with one attached hydrogen (secondary N) is 1. The molecule has 1 fully saturated rings. The van der Waals surface area contributed by atoms with Crippen LogP contribution in [-0.2, 0) is 14.4 Å². The second-order valence-electron chi connectivity index (χ2n) is 5.68. The Morgan fingerprint density at radius 2 is 2.30 bits per heavy atom. The van der Waals surface area contributed by atoms with Crippen molar-refractivity contribution >= 4 is 34.6 Å². The quantitative estimate of drug-likeness (QED) is 0.871. The molecule has 0 spiro atoms. The molecule has 1 aromatic rings. The van der Waals surface area contributed by atoms with Crippen LogP contribution in [0.5, 0.6) is 0 Å². The minimum absolute atomic E-state index is 0.119. The average Bonchev–Trinajstić information content (AvgIpc) is 3.22. The lowest BCUT2D eigenvalue weighted by Crippen LogP contribution is -2.48. The molecule has 3 rings (SSSR count). The van der Waals surface area contributed by atoms with E-state index in [0.29, 0.717) is 17.3 Å². The largest absolute Gasteiger partial charge is 0.382 e. The number of nitrogens with zero attached hydrogens (tertiary/aromatic N) is 2. The SMILES string of the molecule is CC(CNC(=O)C1CC(c2ccc(Cl)s2)=NO1)N1CCOCC1. The van der Waals surface area contributed by atoms with Crippen LogP contribution in [0.25, 0.3) is 0 Å². The Labute approximate surface area is 144 Å². The molecule has 23 heavy (non-hydrogen) atoms. The normalized spacial score (nSPS) is 23.2. The van der Waals surface area contributed by atoms with Crippen molar-refractivity contribution in [2.45, 2.75) is 25.5 Å². The van der Waals surface area contributed by atoms with E-state index in [2.05, 4.69) is 22.3 Å². The molecule has 0 bridgehead atoms. The third kappa shape index (κ3) is 4.23. The van der Waals surface area contributed by atoms with Crippen molar-refractivity contribution in [1.29, 1.82) is 0 Å². The maximum Gasteiger partial charge on any atom is 0.264 e. The van der Waals surface area contributed by atoms with Gasteiger partial charge in [-0.05, 0) is 19.1 Å². The number of ether oxygens (including phenoxy) is 1. The van der Waals surface area contributed by atoms with Crippen molar-refractivity contribution in [1.82, 2.24) is 10.2 Å². The van der Waals surface area contributed by atoms with E-state index in [1.807, 2.05) is 12.1 Å². The molecule has 126 valence electrons. The summed E-state index contributed by atoms with van der Waals surface area (Å²) in [5.74, 6) is -0.119. The topological polar surface area (TPSA) is 63.2 Å². The Hall–Kier alpha value is -1.15. The molecule has 1 aromatic heterocycles. The lowest BCUT2D eigenvalue weighted by Gasteiger charge is -2.32. The van der Waals surface area contributed by atoms with Crippen LogP contribution >= 0.6 is 22.9 Å². The highest BCUT2D eigenvalue weighted by atomic mass is 35.5. The van der Waals surface area contributed by atoms with Crippen LogP contribution in [0.3, 0.4) is 0 Å². The maximum atomic E-state index is 12.2. The molecule has 0 saturated carbocycles. The fourth-order valence-electron chi connectivity index (χ4n) is 2.64. The summed E-state index contributed by atoms with van der Waals surface area (Å²) in [4.78, 5) is 20.8. The molecule has 3 heterocycles. The molecule has 0 aromatic carbocycles. The van der Waals surface area contributed by atoms with Crippen molar-refractivity contribution in [3.63, 3.8) is 0 Å².